The Kier molecular flexibility index (Phi) is 6.23. The maximum Gasteiger partial charge on any atom is 0.251 e. The van der Waals surface area contributed by atoms with Gasteiger partial charge in [-0.2, -0.15) is 4.31 Å². The molecular weight excluding hydrogens is 362 g/mol. The molecule has 1 unspecified atom stereocenters. The van der Waals surface area contributed by atoms with Crippen molar-refractivity contribution in [2.24, 2.45) is 0 Å². The van der Waals surface area contributed by atoms with Crippen molar-refractivity contribution in [2.45, 2.75) is 43.5 Å². The predicted octanol–water partition coefficient (Wildman–Crippen LogP) is 2.62. The third-order valence-corrected chi connectivity index (χ3v) is 6.85. The number of piperidine rings is 1. The molecule has 0 bridgehead atoms. The van der Waals surface area contributed by atoms with Gasteiger partial charge in [0, 0.05) is 43.0 Å². The zero-order chi connectivity index (χ0) is 19.3. The third-order valence-electron chi connectivity index (χ3n) is 4.84. The molecule has 1 aromatic carbocycles. The van der Waals surface area contributed by atoms with Crippen molar-refractivity contribution in [1.29, 1.82) is 0 Å². The van der Waals surface area contributed by atoms with Gasteiger partial charge in [-0.15, -0.1) is 0 Å². The summed E-state index contributed by atoms with van der Waals surface area (Å²) in [6.07, 6.45) is 5.12. The number of hydrogen-bond donors (Lipinski definition) is 1. The van der Waals surface area contributed by atoms with Crippen LogP contribution in [0.1, 0.15) is 42.2 Å². The molecule has 1 atom stereocenters. The van der Waals surface area contributed by atoms with Crippen LogP contribution in [-0.4, -0.2) is 42.7 Å². The molecule has 0 radical (unpaired) electrons. The van der Waals surface area contributed by atoms with E-state index >= 15 is 0 Å². The lowest BCUT2D eigenvalue weighted by Gasteiger charge is -2.32. The summed E-state index contributed by atoms with van der Waals surface area (Å²) in [5.74, 6) is -0.283. The highest BCUT2D eigenvalue weighted by atomic mass is 32.2. The second-order valence-corrected chi connectivity index (χ2v) is 8.71. The summed E-state index contributed by atoms with van der Waals surface area (Å²) >= 11 is 0. The summed E-state index contributed by atoms with van der Waals surface area (Å²) in [6, 6.07) is 11.9. The minimum atomic E-state index is -3.59. The molecule has 7 heteroatoms. The molecule has 27 heavy (non-hydrogen) atoms. The maximum atomic E-state index is 13.0. The molecule has 1 saturated heterocycles. The molecule has 3 rings (SSSR count). The fourth-order valence-corrected chi connectivity index (χ4v) is 5.06. The lowest BCUT2D eigenvalue weighted by atomic mass is 10.1. The fraction of sp³-hybridized carbons (Fsp3) is 0.400. The third kappa shape index (κ3) is 4.73. The molecule has 1 aliphatic rings. The molecule has 6 nitrogen and oxygen atoms in total. The Labute approximate surface area is 160 Å². The van der Waals surface area contributed by atoms with Crippen molar-refractivity contribution in [3.63, 3.8) is 0 Å². The zero-order valence-electron chi connectivity index (χ0n) is 15.5. The maximum absolute atomic E-state index is 13.0. The first-order chi connectivity index (χ1) is 13.0. The van der Waals surface area contributed by atoms with E-state index in [4.69, 9.17) is 0 Å². The van der Waals surface area contributed by atoms with Gasteiger partial charge in [-0.25, -0.2) is 8.42 Å². The van der Waals surface area contributed by atoms with E-state index in [9.17, 15) is 13.2 Å². The Hall–Kier alpha value is -2.25. The van der Waals surface area contributed by atoms with E-state index in [-0.39, 0.29) is 16.8 Å². The summed E-state index contributed by atoms with van der Waals surface area (Å²) in [5.41, 5.74) is 1.25. The number of pyridine rings is 1. The van der Waals surface area contributed by atoms with Gasteiger partial charge >= 0.3 is 0 Å². The summed E-state index contributed by atoms with van der Waals surface area (Å²) in [6.45, 7) is 2.91. The van der Waals surface area contributed by atoms with E-state index in [1.165, 1.54) is 6.07 Å². The molecule has 1 aromatic heterocycles. The average molecular weight is 388 g/mol. The van der Waals surface area contributed by atoms with Gasteiger partial charge in [-0.3, -0.25) is 9.78 Å². The molecule has 1 amide bonds. The van der Waals surface area contributed by atoms with Gasteiger partial charge in [-0.1, -0.05) is 18.6 Å². The predicted molar refractivity (Wildman–Crippen MR) is 104 cm³/mol. The molecule has 1 aliphatic heterocycles. The van der Waals surface area contributed by atoms with Crippen molar-refractivity contribution in [2.75, 3.05) is 13.1 Å². The van der Waals surface area contributed by atoms with Crippen LogP contribution < -0.4 is 5.32 Å². The van der Waals surface area contributed by atoms with Crippen LogP contribution in [0, 0.1) is 0 Å². The minimum Gasteiger partial charge on any atom is -0.352 e. The number of amides is 1. The molecular formula is C20H25N3O3S. The monoisotopic (exact) mass is 387 g/mol. The van der Waals surface area contributed by atoms with E-state index in [1.54, 1.807) is 28.7 Å². The van der Waals surface area contributed by atoms with Crippen LogP contribution in [0.4, 0.5) is 0 Å². The summed E-state index contributed by atoms with van der Waals surface area (Å²) in [4.78, 5) is 16.8. The SMILES string of the molecule is CC1CCCCN1S(=O)(=O)c1cccc(C(=O)NCCc2ccccn2)c1. The molecule has 1 fully saturated rings. The fourth-order valence-electron chi connectivity index (χ4n) is 3.31. The molecule has 0 aliphatic carbocycles. The molecule has 2 aromatic rings. The van der Waals surface area contributed by atoms with Crippen molar-refractivity contribution in [3.05, 3.63) is 59.9 Å². The molecule has 1 N–H and O–H groups in total. The number of hydrogen-bond acceptors (Lipinski definition) is 4. The number of nitrogens with zero attached hydrogens (tertiary/aromatic N) is 2. The first-order valence-electron chi connectivity index (χ1n) is 9.28. The van der Waals surface area contributed by atoms with Crippen LogP contribution >= 0.6 is 0 Å². The van der Waals surface area contributed by atoms with Crippen LogP contribution in [0.3, 0.4) is 0 Å². The highest BCUT2D eigenvalue weighted by molar-refractivity contribution is 7.89. The Balaban J connectivity index is 1.68. The van der Waals surface area contributed by atoms with Crippen molar-refractivity contribution < 1.29 is 13.2 Å². The Morgan fingerprint density at radius 1 is 1.22 bits per heavy atom. The van der Waals surface area contributed by atoms with E-state index in [1.807, 2.05) is 25.1 Å². The van der Waals surface area contributed by atoms with Gasteiger partial charge in [0.1, 0.15) is 0 Å². The van der Waals surface area contributed by atoms with Crippen LogP contribution in [-0.2, 0) is 16.4 Å². The van der Waals surface area contributed by atoms with Crippen molar-refractivity contribution >= 4 is 15.9 Å². The highest BCUT2D eigenvalue weighted by Gasteiger charge is 2.31. The normalized spacial score (nSPS) is 18.2. The number of aromatic nitrogens is 1. The van der Waals surface area contributed by atoms with Crippen molar-refractivity contribution in [1.82, 2.24) is 14.6 Å². The van der Waals surface area contributed by atoms with Crippen LogP contribution in [0.5, 0.6) is 0 Å². The van der Waals surface area contributed by atoms with Gasteiger partial charge in [-0.05, 0) is 50.1 Å². The van der Waals surface area contributed by atoms with Gasteiger partial charge in [0.05, 0.1) is 4.90 Å². The van der Waals surface area contributed by atoms with Crippen LogP contribution in [0.2, 0.25) is 0 Å². The summed E-state index contributed by atoms with van der Waals surface area (Å²) < 4.78 is 27.5. The standard InChI is InChI=1S/C20H25N3O3S/c1-16-7-3-5-14-23(16)27(25,26)19-10-6-8-17(15-19)20(24)22-13-11-18-9-2-4-12-21-18/h2,4,6,8-10,12,15-16H,3,5,7,11,13-14H2,1H3,(H,22,24). The van der Waals surface area contributed by atoms with Crippen molar-refractivity contribution in [3.8, 4) is 0 Å². The quantitative estimate of drug-likeness (QED) is 0.826. The second-order valence-electron chi connectivity index (χ2n) is 6.82. The Morgan fingerprint density at radius 3 is 2.81 bits per heavy atom. The van der Waals surface area contributed by atoms with E-state index in [0.29, 0.717) is 25.1 Å². The average Bonchev–Trinajstić information content (AvgIpc) is 2.69. The van der Waals surface area contributed by atoms with E-state index < -0.39 is 10.0 Å². The number of carbonyl (C=O) groups is 1. The highest BCUT2D eigenvalue weighted by Crippen LogP contribution is 2.25. The largest absolute Gasteiger partial charge is 0.352 e. The molecule has 0 spiro atoms. The van der Waals surface area contributed by atoms with Crippen LogP contribution in [0.15, 0.2) is 53.6 Å². The lowest BCUT2D eigenvalue weighted by Crippen LogP contribution is -2.42. The zero-order valence-corrected chi connectivity index (χ0v) is 16.3. The van der Waals surface area contributed by atoms with Gasteiger partial charge in [0.2, 0.25) is 10.0 Å². The summed E-state index contributed by atoms with van der Waals surface area (Å²) in [5, 5.41) is 2.83. The number of rotatable bonds is 6. The Morgan fingerprint density at radius 2 is 2.07 bits per heavy atom. The van der Waals surface area contributed by atoms with Gasteiger partial charge < -0.3 is 5.32 Å². The first kappa shape index (κ1) is 19.5. The van der Waals surface area contributed by atoms with Gasteiger partial charge in [0.15, 0.2) is 0 Å². The topological polar surface area (TPSA) is 79.4 Å². The minimum absolute atomic E-state index is 0.0143. The summed E-state index contributed by atoms with van der Waals surface area (Å²) in [7, 11) is -3.59. The second kappa shape index (κ2) is 8.63. The number of nitrogens with one attached hydrogen (secondary N) is 1. The number of carbonyl (C=O) groups excluding carboxylic acids is 1. The van der Waals surface area contributed by atoms with Crippen LogP contribution in [0.25, 0.3) is 0 Å². The Bertz CT molecular complexity index is 884. The number of benzene rings is 1. The van der Waals surface area contributed by atoms with Gasteiger partial charge in [0.25, 0.3) is 5.91 Å². The van der Waals surface area contributed by atoms with E-state index in [2.05, 4.69) is 10.3 Å². The lowest BCUT2D eigenvalue weighted by molar-refractivity contribution is 0.0954. The first-order valence-corrected chi connectivity index (χ1v) is 10.7. The molecule has 144 valence electrons. The molecule has 0 saturated carbocycles. The number of sulfonamides is 1. The molecule has 2 heterocycles. The van der Waals surface area contributed by atoms with E-state index in [0.717, 1.165) is 25.0 Å². The smallest absolute Gasteiger partial charge is 0.251 e.